The summed E-state index contributed by atoms with van der Waals surface area (Å²) in [6.45, 7) is 1.15. The average molecular weight is 192 g/mol. The van der Waals surface area contributed by atoms with Crippen molar-refractivity contribution in [3.05, 3.63) is 38.9 Å². The van der Waals surface area contributed by atoms with Gasteiger partial charge in [-0.3, -0.25) is 10.1 Å². The highest BCUT2D eigenvalue weighted by atomic mass is 16.6. The zero-order valence-corrected chi connectivity index (χ0v) is 7.52. The van der Waals surface area contributed by atoms with Crippen LogP contribution in [0.5, 0.6) is 0 Å². The maximum atomic E-state index is 10.5. The molecule has 5 heteroatoms. The Morgan fingerprint density at radius 1 is 1.64 bits per heavy atom. The third-order valence-corrected chi connectivity index (χ3v) is 2.05. The van der Waals surface area contributed by atoms with Crippen LogP contribution >= 0.6 is 0 Å². The van der Waals surface area contributed by atoms with Crippen molar-refractivity contribution in [2.45, 2.75) is 13.5 Å². The van der Waals surface area contributed by atoms with Crippen LogP contribution in [0.3, 0.4) is 0 Å². The molecular weight excluding hydrogens is 184 g/mol. The fraction of sp³-hybridized carbons (Fsp3) is 0.222. The minimum Gasteiger partial charge on any atom is -0.392 e. The highest BCUT2D eigenvalue weighted by Gasteiger charge is 2.16. The third-order valence-electron chi connectivity index (χ3n) is 2.05. The van der Waals surface area contributed by atoms with Gasteiger partial charge in [-0.1, -0.05) is 0 Å². The van der Waals surface area contributed by atoms with Gasteiger partial charge in [0.15, 0.2) is 0 Å². The number of nitriles is 1. The van der Waals surface area contributed by atoms with Gasteiger partial charge in [-0.25, -0.2) is 0 Å². The predicted octanol–water partition coefficient (Wildman–Crippen LogP) is 1.27. The van der Waals surface area contributed by atoms with Gasteiger partial charge in [0.2, 0.25) is 0 Å². The summed E-state index contributed by atoms with van der Waals surface area (Å²) >= 11 is 0. The SMILES string of the molecule is Cc1c([N+](=O)[O-])ccc(C#N)c1CO. The molecule has 0 radical (unpaired) electrons. The van der Waals surface area contributed by atoms with Crippen LogP contribution < -0.4 is 0 Å². The number of hydrogen-bond donors (Lipinski definition) is 1. The lowest BCUT2D eigenvalue weighted by Gasteiger charge is -2.04. The van der Waals surface area contributed by atoms with Gasteiger partial charge in [-0.15, -0.1) is 0 Å². The van der Waals surface area contributed by atoms with Crippen molar-refractivity contribution in [1.82, 2.24) is 0 Å². The summed E-state index contributed by atoms with van der Waals surface area (Å²) in [7, 11) is 0. The maximum Gasteiger partial charge on any atom is 0.272 e. The minimum atomic E-state index is -0.532. The Labute approximate surface area is 80.4 Å². The zero-order chi connectivity index (χ0) is 10.7. The molecule has 1 aromatic carbocycles. The number of rotatable bonds is 2. The van der Waals surface area contributed by atoms with E-state index in [0.717, 1.165) is 0 Å². The summed E-state index contributed by atoms with van der Waals surface area (Å²) < 4.78 is 0. The first-order valence-corrected chi connectivity index (χ1v) is 3.89. The molecule has 0 saturated carbocycles. The second-order valence-corrected chi connectivity index (χ2v) is 2.76. The van der Waals surface area contributed by atoms with E-state index < -0.39 is 4.92 Å². The zero-order valence-electron chi connectivity index (χ0n) is 7.52. The van der Waals surface area contributed by atoms with E-state index in [-0.39, 0.29) is 17.9 Å². The van der Waals surface area contributed by atoms with Crippen LogP contribution in [0.25, 0.3) is 0 Å². The van der Waals surface area contributed by atoms with E-state index in [0.29, 0.717) is 11.1 Å². The second kappa shape index (κ2) is 3.85. The van der Waals surface area contributed by atoms with E-state index in [1.54, 1.807) is 0 Å². The lowest BCUT2D eigenvalue weighted by atomic mass is 10.0. The van der Waals surface area contributed by atoms with Crippen LogP contribution in [0.15, 0.2) is 12.1 Å². The molecule has 14 heavy (non-hydrogen) atoms. The van der Waals surface area contributed by atoms with Gasteiger partial charge in [0.1, 0.15) is 0 Å². The number of aliphatic hydroxyl groups excluding tert-OH is 1. The monoisotopic (exact) mass is 192 g/mol. The largest absolute Gasteiger partial charge is 0.392 e. The van der Waals surface area contributed by atoms with Crippen LogP contribution in [-0.4, -0.2) is 10.0 Å². The number of benzene rings is 1. The van der Waals surface area contributed by atoms with Crippen molar-refractivity contribution in [3.63, 3.8) is 0 Å². The summed E-state index contributed by atoms with van der Waals surface area (Å²) in [6, 6.07) is 4.49. The quantitative estimate of drug-likeness (QED) is 0.564. The molecule has 0 saturated heterocycles. The van der Waals surface area contributed by atoms with Gasteiger partial charge in [0, 0.05) is 17.2 Å². The number of aliphatic hydroxyl groups is 1. The van der Waals surface area contributed by atoms with Gasteiger partial charge in [0.25, 0.3) is 5.69 Å². The maximum absolute atomic E-state index is 10.5. The summed E-state index contributed by atoms with van der Waals surface area (Å²) in [5, 5.41) is 28.2. The van der Waals surface area contributed by atoms with E-state index >= 15 is 0 Å². The number of hydrogen-bond acceptors (Lipinski definition) is 4. The molecule has 1 N–H and O–H groups in total. The lowest BCUT2D eigenvalue weighted by Crippen LogP contribution is -1.99. The van der Waals surface area contributed by atoms with Crippen molar-refractivity contribution in [3.8, 4) is 6.07 Å². The lowest BCUT2D eigenvalue weighted by molar-refractivity contribution is -0.385. The summed E-state index contributed by atoms with van der Waals surface area (Å²) in [6.07, 6.45) is 0. The van der Waals surface area contributed by atoms with E-state index in [1.807, 2.05) is 6.07 Å². The first-order valence-electron chi connectivity index (χ1n) is 3.89. The Balaban J connectivity index is 3.44. The minimum absolute atomic E-state index is 0.0759. The molecular formula is C9H8N2O3. The van der Waals surface area contributed by atoms with Gasteiger partial charge in [0.05, 0.1) is 23.2 Å². The molecule has 5 nitrogen and oxygen atoms in total. The molecule has 0 fully saturated rings. The van der Waals surface area contributed by atoms with Crippen molar-refractivity contribution in [1.29, 1.82) is 5.26 Å². The highest BCUT2D eigenvalue weighted by molar-refractivity contribution is 5.52. The summed E-state index contributed by atoms with van der Waals surface area (Å²) in [5.74, 6) is 0. The molecule has 0 heterocycles. The Bertz CT molecular complexity index is 421. The van der Waals surface area contributed by atoms with Crippen LogP contribution in [0, 0.1) is 28.4 Å². The van der Waals surface area contributed by atoms with E-state index in [1.165, 1.54) is 19.1 Å². The first kappa shape index (κ1) is 10.2. The molecule has 0 aliphatic carbocycles. The first-order chi connectivity index (χ1) is 6.61. The topological polar surface area (TPSA) is 87.2 Å². The highest BCUT2D eigenvalue weighted by Crippen LogP contribution is 2.24. The van der Waals surface area contributed by atoms with E-state index in [2.05, 4.69) is 0 Å². The van der Waals surface area contributed by atoms with Gasteiger partial charge >= 0.3 is 0 Å². The molecule has 1 rings (SSSR count). The van der Waals surface area contributed by atoms with Crippen molar-refractivity contribution in [2.24, 2.45) is 0 Å². The molecule has 0 bridgehead atoms. The Morgan fingerprint density at radius 3 is 2.71 bits per heavy atom. The van der Waals surface area contributed by atoms with Gasteiger partial charge in [-0.2, -0.15) is 5.26 Å². The van der Waals surface area contributed by atoms with Crippen molar-refractivity contribution < 1.29 is 10.0 Å². The molecule has 0 unspecified atom stereocenters. The molecule has 72 valence electrons. The second-order valence-electron chi connectivity index (χ2n) is 2.76. The Hall–Kier alpha value is -1.93. The predicted molar refractivity (Wildman–Crippen MR) is 48.5 cm³/mol. The molecule has 0 aromatic heterocycles. The third kappa shape index (κ3) is 1.56. The van der Waals surface area contributed by atoms with E-state index in [9.17, 15) is 10.1 Å². The number of nitro groups is 1. The smallest absolute Gasteiger partial charge is 0.272 e. The normalized spacial score (nSPS) is 9.50. The van der Waals surface area contributed by atoms with Crippen molar-refractivity contribution in [2.75, 3.05) is 0 Å². The Kier molecular flexibility index (Phi) is 2.79. The van der Waals surface area contributed by atoms with Crippen LogP contribution in [-0.2, 0) is 6.61 Å². The average Bonchev–Trinajstić information content (AvgIpc) is 2.16. The van der Waals surface area contributed by atoms with Gasteiger partial charge in [-0.05, 0) is 13.0 Å². The van der Waals surface area contributed by atoms with E-state index in [4.69, 9.17) is 10.4 Å². The fourth-order valence-corrected chi connectivity index (χ4v) is 1.25. The molecule has 0 spiro atoms. The molecule has 0 aliphatic heterocycles. The molecule has 0 atom stereocenters. The number of nitro benzene ring substituents is 1. The summed E-state index contributed by atoms with van der Waals surface area (Å²) in [4.78, 5) is 10.00. The standard InChI is InChI=1S/C9H8N2O3/c1-6-8(5-12)7(4-10)2-3-9(6)11(13)14/h2-3,12H,5H2,1H3. The Morgan fingerprint density at radius 2 is 2.29 bits per heavy atom. The molecule has 0 aliphatic rings. The fourth-order valence-electron chi connectivity index (χ4n) is 1.25. The van der Waals surface area contributed by atoms with Crippen LogP contribution in [0.1, 0.15) is 16.7 Å². The summed E-state index contributed by atoms with van der Waals surface area (Å²) in [5.41, 5.74) is 0.863. The van der Waals surface area contributed by atoms with Crippen LogP contribution in [0.4, 0.5) is 5.69 Å². The molecule has 1 aromatic rings. The van der Waals surface area contributed by atoms with Crippen molar-refractivity contribution >= 4 is 5.69 Å². The number of nitrogens with zero attached hydrogens (tertiary/aromatic N) is 2. The van der Waals surface area contributed by atoms with Crippen LogP contribution in [0.2, 0.25) is 0 Å². The van der Waals surface area contributed by atoms with Gasteiger partial charge < -0.3 is 5.11 Å². The molecule has 0 amide bonds.